The molecule has 0 saturated carbocycles. The van der Waals surface area contributed by atoms with Crippen LogP contribution < -0.4 is 15.3 Å². The van der Waals surface area contributed by atoms with Gasteiger partial charge in [0.15, 0.2) is 5.65 Å². The van der Waals surface area contributed by atoms with Gasteiger partial charge in [0, 0.05) is 5.92 Å². The van der Waals surface area contributed by atoms with E-state index in [0.29, 0.717) is 28.4 Å². The van der Waals surface area contributed by atoms with Gasteiger partial charge in [0.25, 0.3) is 0 Å². The van der Waals surface area contributed by atoms with Crippen molar-refractivity contribution in [1.29, 1.82) is 0 Å². The van der Waals surface area contributed by atoms with Crippen LogP contribution in [0.1, 0.15) is 19.4 Å². The Kier molecular flexibility index (Phi) is 7.22. The number of carbonyl (C=O) groups is 1. The summed E-state index contributed by atoms with van der Waals surface area (Å²) >= 11 is 1.45. The molecule has 0 bridgehead atoms. The molecule has 4 atom stereocenters. The number of nitrogens with two attached hydrogens (primary N) is 1. The number of aromatic nitrogens is 4. The second kappa shape index (κ2) is 10.1. The third kappa shape index (κ3) is 5.41. The van der Waals surface area contributed by atoms with Crippen LogP contribution >= 0.6 is 19.5 Å². The van der Waals surface area contributed by atoms with Crippen molar-refractivity contribution in [3.05, 3.63) is 48.8 Å². The number of thioether (sulfide) groups is 1. The normalized spacial score (nSPS) is 20.3. The number of nitrogens with zero attached hydrogens (tertiary/aromatic N) is 4. The largest absolute Gasteiger partial charge is 0.480 e. The van der Waals surface area contributed by atoms with Gasteiger partial charge >= 0.3 is 13.7 Å². The minimum absolute atomic E-state index is 0.0528. The quantitative estimate of drug-likeness (QED) is 0.161. The molecule has 1 unspecified atom stereocenters. The van der Waals surface area contributed by atoms with Gasteiger partial charge in [-0.15, -0.1) is 11.8 Å². The molecule has 4 rings (SSSR count). The van der Waals surface area contributed by atoms with Gasteiger partial charge in [0.1, 0.15) is 22.3 Å². The highest BCUT2D eigenvalue weighted by molar-refractivity contribution is 7.98. The molecule has 11 nitrogen and oxygen atoms in total. The second-order valence-corrected chi connectivity index (χ2v) is 10.2. The van der Waals surface area contributed by atoms with Gasteiger partial charge in [-0.3, -0.25) is 9.32 Å². The van der Waals surface area contributed by atoms with E-state index < -0.39 is 19.8 Å². The standard InChI is InChI=1S/C21H25N6O5PS/c1-13(20(28)29)26-33(30,32-16-6-4-3-5-7-16)31-11-14-8-9-15(10-14)27-12-23-17-18(27)24-21(22)25-19(17)34-2/h3-9,12-15H,10-11H2,1-2H3,(H,26,30)(H,28,29)(H2,22,24,25)/t13?,14-,15+,33+/m1/s1. The molecule has 0 amide bonds. The van der Waals surface area contributed by atoms with E-state index >= 15 is 0 Å². The van der Waals surface area contributed by atoms with Gasteiger partial charge in [-0.05, 0) is 31.7 Å². The van der Waals surface area contributed by atoms with E-state index in [4.69, 9.17) is 14.8 Å². The average molecular weight is 505 g/mol. The maximum absolute atomic E-state index is 13.4. The monoisotopic (exact) mass is 504 g/mol. The molecular formula is C21H25N6O5PS. The van der Waals surface area contributed by atoms with Crippen molar-refractivity contribution in [1.82, 2.24) is 24.6 Å². The van der Waals surface area contributed by atoms with Crippen LogP contribution in [-0.4, -0.2) is 49.5 Å². The Balaban J connectivity index is 1.46. The highest BCUT2D eigenvalue weighted by atomic mass is 32.2. The molecule has 2 heterocycles. The smallest absolute Gasteiger partial charge is 0.459 e. The predicted molar refractivity (Wildman–Crippen MR) is 129 cm³/mol. The maximum atomic E-state index is 13.4. The molecule has 0 spiro atoms. The van der Waals surface area contributed by atoms with Gasteiger partial charge in [0.2, 0.25) is 5.95 Å². The van der Waals surface area contributed by atoms with Crippen molar-refractivity contribution >= 4 is 42.6 Å². The number of imidazole rings is 1. The van der Waals surface area contributed by atoms with Gasteiger partial charge in [0.05, 0.1) is 19.0 Å². The fraction of sp³-hybridized carbons (Fsp3) is 0.333. The van der Waals surface area contributed by atoms with Crippen LogP contribution in [0.15, 0.2) is 53.8 Å². The third-order valence-electron chi connectivity index (χ3n) is 5.26. The van der Waals surface area contributed by atoms with Crippen LogP contribution in [0.25, 0.3) is 11.2 Å². The Morgan fingerprint density at radius 2 is 2.12 bits per heavy atom. The van der Waals surface area contributed by atoms with Gasteiger partial charge in [-0.1, -0.05) is 30.4 Å². The lowest BCUT2D eigenvalue weighted by molar-refractivity contribution is -0.138. The Morgan fingerprint density at radius 1 is 1.35 bits per heavy atom. The van der Waals surface area contributed by atoms with Crippen molar-refractivity contribution in [2.75, 3.05) is 18.6 Å². The summed E-state index contributed by atoms with van der Waals surface area (Å²) in [5.74, 6) is -0.768. The van der Waals surface area contributed by atoms with Crippen LogP contribution in [0.4, 0.5) is 5.95 Å². The Labute approximate surface area is 200 Å². The van der Waals surface area contributed by atoms with Crippen molar-refractivity contribution in [2.45, 2.75) is 30.5 Å². The fourth-order valence-corrected chi connectivity index (χ4v) is 5.64. The molecule has 1 aromatic carbocycles. The number of aliphatic carboxylic acids is 1. The van der Waals surface area contributed by atoms with Crippen molar-refractivity contribution in [2.24, 2.45) is 5.92 Å². The molecule has 2 aromatic heterocycles. The van der Waals surface area contributed by atoms with Gasteiger partial charge in [-0.25, -0.2) is 14.5 Å². The molecule has 180 valence electrons. The number of hydrogen-bond donors (Lipinski definition) is 3. The number of para-hydroxylation sites is 1. The summed E-state index contributed by atoms with van der Waals surface area (Å²) in [6.07, 6.45) is 8.21. The number of carboxylic acids is 1. The first-order valence-electron chi connectivity index (χ1n) is 10.5. The van der Waals surface area contributed by atoms with Crippen molar-refractivity contribution in [3.63, 3.8) is 0 Å². The first-order valence-corrected chi connectivity index (χ1v) is 13.3. The zero-order chi connectivity index (χ0) is 24.3. The number of carboxylic acid groups (broad SMARTS) is 1. The zero-order valence-corrected chi connectivity index (χ0v) is 20.3. The summed E-state index contributed by atoms with van der Waals surface area (Å²) in [6.45, 7) is 1.44. The molecule has 34 heavy (non-hydrogen) atoms. The summed E-state index contributed by atoms with van der Waals surface area (Å²) in [6, 6.07) is 7.29. The highest BCUT2D eigenvalue weighted by Crippen LogP contribution is 2.46. The molecule has 3 aromatic rings. The molecular weight excluding hydrogens is 479 g/mol. The van der Waals surface area contributed by atoms with Crippen LogP contribution in [-0.2, 0) is 13.9 Å². The summed E-state index contributed by atoms with van der Waals surface area (Å²) in [5.41, 5.74) is 7.19. The topological polar surface area (TPSA) is 154 Å². The zero-order valence-electron chi connectivity index (χ0n) is 18.6. The Morgan fingerprint density at radius 3 is 2.82 bits per heavy atom. The number of allylic oxidation sites excluding steroid dienone is 1. The number of hydrogen-bond acceptors (Lipinski definition) is 9. The van der Waals surface area contributed by atoms with Crippen LogP contribution in [0.5, 0.6) is 5.75 Å². The number of fused-ring (bicyclic) bond motifs is 1. The minimum atomic E-state index is -3.96. The number of benzene rings is 1. The Bertz CT molecular complexity index is 1250. The summed E-state index contributed by atoms with van der Waals surface area (Å²) in [5, 5.41) is 12.4. The number of nitrogen functional groups attached to an aromatic ring is 1. The SMILES string of the molecule is CSc1nc(N)nc2c1ncn2[C@H]1C=C[C@@H](CO[P@@](=O)(NC(C)C(=O)O)Oc2ccccc2)C1. The number of nitrogens with one attached hydrogen (secondary N) is 1. The lowest BCUT2D eigenvalue weighted by Crippen LogP contribution is -2.33. The molecule has 0 radical (unpaired) electrons. The number of rotatable bonds is 10. The van der Waals surface area contributed by atoms with Crippen molar-refractivity contribution < 1.29 is 23.5 Å². The van der Waals surface area contributed by atoms with Gasteiger partial charge in [-0.2, -0.15) is 10.1 Å². The lowest BCUT2D eigenvalue weighted by Gasteiger charge is -2.23. The first-order chi connectivity index (χ1) is 16.3. The molecule has 0 saturated heterocycles. The lowest BCUT2D eigenvalue weighted by atomic mass is 10.1. The molecule has 4 N–H and O–H groups in total. The van der Waals surface area contributed by atoms with Crippen LogP contribution in [0.2, 0.25) is 0 Å². The van der Waals surface area contributed by atoms with E-state index in [0.717, 1.165) is 0 Å². The van der Waals surface area contributed by atoms with E-state index in [9.17, 15) is 14.5 Å². The Hall–Kier alpha value is -2.92. The molecule has 1 aliphatic carbocycles. The summed E-state index contributed by atoms with van der Waals surface area (Å²) in [4.78, 5) is 24.3. The summed E-state index contributed by atoms with van der Waals surface area (Å²) < 4.78 is 26.5. The van der Waals surface area contributed by atoms with Crippen molar-refractivity contribution in [3.8, 4) is 5.75 Å². The minimum Gasteiger partial charge on any atom is -0.480 e. The third-order valence-corrected chi connectivity index (χ3v) is 7.57. The van der Waals surface area contributed by atoms with E-state index in [1.165, 1.54) is 18.7 Å². The predicted octanol–water partition coefficient (Wildman–Crippen LogP) is 3.51. The average Bonchev–Trinajstić information content (AvgIpc) is 3.44. The van der Waals surface area contributed by atoms with Gasteiger partial charge < -0.3 is 19.9 Å². The molecule has 0 aliphatic heterocycles. The molecule has 1 aliphatic rings. The van der Waals surface area contributed by atoms with E-state index in [1.54, 1.807) is 36.7 Å². The fourth-order valence-electron chi connectivity index (χ4n) is 3.57. The molecule has 13 heteroatoms. The van der Waals surface area contributed by atoms with E-state index in [2.05, 4.69) is 20.0 Å². The van der Waals surface area contributed by atoms with E-state index in [1.807, 2.05) is 23.0 Å². The van der Waals surface area contributed by atoms with Crippen LogP contribution in [0.3, 0.4) is 0 Å². The van der Waals surface area contributed by atoms with Crippen LogP contribution in [0, 0.1) is 5.92 Å². The highest BCUT2D eigenvalue weighted by Gasteiger charge is 2.33. The second-order valence-electron chi connectivity index (χ2n) is 7.75. The summed E-state index contributed by atoms with van der Waals surface area (Å²) in [7, 11) is -3.96. The number of anilines is 1. The van der Waals surface area contributed by atoms with E-state index in [-0.39, 0.29) is 24.5 Å². The first kappa shape index (κ1) is 24.2. The molecule has 0 fully saturated rings. The maximum Gasteiger partial charge on any atom is 0.459 e.